The Morgan fingerprint density at radius 3 is 2.31 bits per heavy atom. The lowest BCUT2D eigenvalue weighted by atomic mass is 9.96. The van der Waals surface area contributed by atoms with Crippen LogP contribution in [0, 0.1) is 0 Å². The molecule has 1 fully saturated rings. The van der Waals surface area contributed by atoms with E-state index in [1.54, 1.807) is 0 Å². The summed E-state index contributed by atoms with van der Waals surface area (Å²) in [6, 6.07) is 0. The minimum Gasteiger partial charge on any atom is -0.387 e. The average Bonchev–Trinajstić information content (AvgIpc) is 2.31. The highest BCUT2D eigenvalue weighted by Gasteiger charge is 2.27. The van der Waals surface area contributed by atoms with E-state index >= 15 is 0 Å². The molecule has 0 aromatic carbocycles. The zero-order chi connectivity index (χ0) is 9.57. The summed E-state index contributed by atoms with van der Waals surface area (Å²) in [5.74, 6) is 0. The molecule has 0 saturated heterocycles. The van der Waals surface area contributed by atoms with Gasteiger partial charge in [0.15, 0.2) is 0 Å². The van der Waals surface area contributed by atoms with Crippen molar-refractivity contribution in [2.24, 2.45) is 0 Å². The molecule has 1 aliphatic carbocycles. The van der Waals surface area contributed by atoms with Crippen molar-refractivity contribution in [1.82, 2.24) is 0 Å². The Balaban J connectivity index is 2.25. The summed E-state index contributed by atoms with van der Waals surface area (Å²) in [6.07, 6.45) is 7.76. The van der Waals surface area contributed by atoms with Crippen molar-refractivity contribution in [1.29, 1.82) is 0 Å². The van der Waals surface area contributed by atoms with Gasteiger partial charge in [0, 0.05) is 6.61 Å². The first-order valence-corrected chi connectivity index (χ1v) is 5.57. The molecule has 1 saturated carbocycles. The van der Waals surface area contributed by atoms with Crippen LogP contribution in [-0.4, -0.2) is 23.9 Å². The van der Waals surface area contributed by atoms with Crippen molar-refractivity contribution in [2.45, 2.75) is 57.5 Å². The molecule has 0 unspecified atom stereocenters. The predicted molar refractivity (Wildman–Crippen MR) is 53.8 cm³/mol. The van der Waals surface area contributed by atoms with Crippen LogP contribution in [0.5, 0.6) is 0 Å². The van der Waals surface area contributed by atoms with E-state index in [0.717, 1.165) is 38.7 Å². The van der Waals surface area contributed by atoms with E-state index in [1.807, 2.05) is 0 Å². The first kappa shape index (κ1) is 11.0. The normalized spacial score (nSPS) is 22.6. The lowest BCUT2D eigenvalue weighted by Crippen LogP contribution is -2.33. The van der Waals surface area contributed by atoms with Crippen LogP contribution >= 0.6 is 0 Å². The van der Waals surface area contributed by atoms with E-state index in [9.17, 15) is 5.11 Å². The maximum absolute atomic E-state index is 10.2. The first-order chi connectivity index (χ1) is 6.27. The van der Waals surface area contributed by atoms with Gasteiger partial charge >= 0.3 is 0 Å². The molecule has 0 amide bonds. The standard InChI is InChI=1S/C11H22O2/c1-2-9-13-10-11(12)7-5-3-4-6-8-11/h12H,2-10H2,1H3. The van der Waals surface area contributed by atoms with E-state index in [4.69, 9.17) is 4.74 Å². The molecule has 0 heterocycles. The molecular weight excluding hydrogens is 164 g/mol. The summed E-state index contributed by atoms with van der Waals surface area (Å²) in [6.45, 7) is 3.42. The smallest absolute Gasteiger partial charge is 0.0880 e. The SMILES string of the molecule is CCCOCC1(O)CCCCCC1. The summed E-state index contributed by atoms with van der Waals surface area (Å²) in [5.41, 5.74) is -0.508. The number of hydrogen-bond acceptors (Lipinski definition) is 2. The van der Waals surface area contributed by atoms with Crippen molar-refractivity contribution in [2.75, 3.05) is 13.2 Å². The molecule has 0 aromatic heterocycles. The van der Waals surface area contributed by atoms with Crippen molar-refractivity contribution in [3.8, 4) is 0 Å². The molecule has 78 valence electrons. The van der Waals surface area contributed by atoms with Crippen LogP contribution in [0.2, 0.25) is 0 Å². The van der Waals surface area contributed by atoms with E-state index in [-0.39, 0.29) is 0 Å². The number of aliphatic hydroxyl groups is 1. The van der Waals surface area contributed by atoms with Crippen LogP contribution in [0.4, 0.5) is 0 Å². The van der Waals surface area contributed by atoms with Gasteiger partial charge in [0.05, 0.1) is 12.2 Å². The zero-order valence-electron chi connectivity index (χ0n) is 8.72. The van der Waals surface area contributed by atoms with Crippen LogP contribution in [0.3, 0.4) is 0 Å². The van der Waals surface area contributed by atoms with E-state index < -0.39 is 5.60 Å². The Labute approximate surface area is 81.3 Å². The molecule has 0 spiro atoms. The first-order valence-electron chi connectivity index (χ1n) is 5.57. The second kappa shape index (κ2) is 5.61. The van der Waals surface area contributed by atoms with Gasteiger partial charge in [-0.15, -0.1) is 0 Å². The molecule has 1 rings (SSSR count). The van der Waals surface area contributed by atoms with E-state index in [0.29, 0.717) is 6.61 Å². The highest BCUT2D eigenvalue weighted by molar-refractivity contribution is 4.80. The van der Waals surface area contributed by atoms with E-state index in [2.05, 4.69) is 6.92 Å². The lowest BCUT2D eigenvalue weighted by molar-refractivity contribution is -0.0554. The Kier molecular flexibility index (Phi) is 4.74. The molecule has 2 nitrogen and oxygen atoms in total. The Bertz CT molecular complexity index is 126. The lowest BCUT2D eigenvalue weighted by Gasteiger charge is -2.26. The van der Waals surface area contributed by atoms with Gasteiger partial charge in [-0.2, -0.15) is 0 Å². The van der Waals surface area contributed by atoms with Crippen LogP contribution in [0.25, 0.3) is 0 Å². The predicted octanol–water partition coefficient (Wildman–Crippen LogP) is 2.50. The fourth-order valence-electron chi connectivity index (χ4n) is 1.94. The monoisotopic (exact) mass is 186 g/mol. The minimum atomic E-state index is -0.508. The molecule has 0 aliphatic heterocycles. The summed E-state index contributed by atoms with van der Waals surface area (Å²) >= 11 is 0. The van der Waals surface area contributed by atoms with Gasteiger partial charge in [0.2, 0.25) is 0 Å². The highest BCUT2D eigenvalue weighted by atomic mass is 16.5. The summed E-state index contributed by atoms with van der Waals surface area (Å²) < 4.78 is 5.43. The van der Waals surface area contributed by atoms with Gasteiger partial charge in [-0.3, -0.25) is 0 Å². The van der Waals surface area contributed by atoms with E-state index in [1.165, 1.54) is 12.8 Å². The fourth-order valence-corrected chi connectivity index (χ4v) is 1.94. The average molecular weight is 186 g/mol. The second-order valence-corrected chi connectivity index (χ2v) is 4.19. The van der Waals surface area contributed by atoms with Crippen LogP contribution in [0.1, 0.15) is 51.9 Å². The third-order valence-corrected chi connectivity index (χ3v) is 2.75. The zero-order valence-corrected chi connectivity index (χ0v) is 8.72. The third-order valence-electron chi connectivity index (χ3n) is 2.75. The maximum Gasteiger partial charge on any atom is 0.0880 e. The topological polar surface area (TPSA) is 29.5 Å². The van der Waals surface area contributed by atoms with Gasteiger partial charge in [-0.05, 0) is 19.3 Å². The minimum absolute atomic E-state index is 0.508. The van der Waals surface area contributed by atoms with Crippen molar-refractivity contribution >= 4 is 0 Å². The highest BCUT2D eigenvalue weighted by Crippen LogP contribution is 2.27. The van der Waals surface area contributed by atoms with Crippen molar-refractivity contribution < 1.29 is 9.84 Å². The maximum atomic E-state index is 10.2. The van der Waals surface area contributed by atoms with Gasteiger partial charge in [0.25, 0.3) is 0 Å². The number of rotatable bonds is 4. The van der Waals surface area contributed by atoms with Crippen molar-refractivity contribution in [3.63, 3.8) is 0 Å². The van der Waals surface area contributed by atoms with Crippen LogP contribution in [0.15, 0.2) is 0 Å². The molecule has 1 aliphatic rings. The van der Waals surface area contributed by atoms with Crippen LogP contribution in [-0.2, 0) is 4.74 Å². The van der Waals surface area contributed by atoms with Gasteiger partial charge in [0.1, 0.15) is 0 Å². The van der Waals surface area contributed by atoms with Gasteiger partial charge in [-0.1, -0.05) is 32.6 Å². The fraction of sp³-hybridized carbons (Fsp3) is 1.00. The molecular formula is C11H22O2. The summed E-state index contributed by atoms with van der Waals surface area (Å²) in [4.78, 5) is 0. The number of hydrogen-bond donors (Lipinski definition) is 1. The molecule has 0 radical (unpaired) electrons. The molecule has 2 heteroatoms. The van der Waals surface area contributed by atoms with Gasteiger partial charge < -0.3 is 9.84 Å². The quantitative estimate of drug-likeness (QED) is 0.540. The molecule has 1 N–H and O–H groups in total. The molecule has 0 aromatic rings. The van der Waals surface area contributed by atoms with Crippen molar-refractivity contribution in [3.05, 3.63) is 0 Å². The third kappa shape index (κ3) is 4.10. The molecule has 0 bridgehead atoms. The molecule has 0 atom stereocenters. The summed E-state index contributed by atoms with van der Waals surface area (Å²) in [5, 5.41) is 10.2. The Morgan fingerprint density at radius 2 is 1.77 bits per heavy atom. The van der Waals surface area contributed by atoms with Gasteiger partial charge in [-0.25, -0.2) is 0 Å². The number of ether oxygens (including phenoxy) is 1. The molecule has 13 heavy (non-hydrogen) atoms. The Hall–Kier alpha value is -0.0800. The van der Waals surface area contributed by atoms with Crippen LogP contribution < -0.4 is 0 Å². The Morgan fingerprint density at radius 1 is 1.15 bits per heavy atom. The summed E-state index contributed by atoms with van der Waals surface area (Å²) in [7, 11) is 0. The largest absolute Gasteiger partial charge is 0.387 e. The second-order valence-electron chi connectivity index (χ2n) is 4.19.